The number of aliphatic hydroxyl groups is 1. The number of amides is 2. The number of nitrogens with zero attached hydrogens (tertiary/aromatic N) is 1. The predicted octanol–water partition coefficient (Wildman–Crippen LogP) is -0.673. The number of carbonyl (C=O) groups excluding carboxylic acids is 1. The van der Waals surface area contributed by atoms with Crippen LogP contribution < -0.4 is 5.32 Å². The van der Waals surface area contributed by atoms with Gasteiger partial charge in [0.2, 0.25) is 0 Å². The highest BCUT2D eigenvalue weighted by Crippen LogP contribution is 2.16. The van der Waals surface area contributed by atoms with E-state index in [0.29, 0.717) is 19.5 Å². The summed E-state index contributed by atoms with van der Waals surface area (Å²) in [7, 11) is 0. The fourth-order valence-corrected chi connectivity index (χ4v) is 1.93. The van der Waals surface area contributed by atoms with Gasteiger partial charge in [-0.05, 0) is 12.3 Å². The van der Waals surface area contributed by atoms with Crippen LogP contribution >= 0.6 is 0 Å². The minimum atomic E-state index is -1.45. The van der Waals surface area contributed by atoms with Crippen molar-refractivity contribution in [3.8, 4) is 0 Å². The van der Waals surface area contributed by atoms with E-state index in [-0.39, 0.29) is 5.92 Å². The summed E-state index contributed by atoms with van der Waals surface area (Å²) in [5.41, 5.74) is 0. The molecular weight excluding hydrogens is 256 g/mol. The first-order valence-electron chi connectivity index (χ1n) is 5.99. The highest BCUT2D eigenvalue weighted by Gasteiger charge is 2.30. The number of piperidine rings is 1. The minimum absolute atomic E-state index is 0.0951. The molecule has 108 valence electrons. The van der Waals surface area contributed by atoms with E-state index >= 15 is 0 Å². The van der Waals surface area contributed by atoms with Crippen LogP contribution in [0.3, 0.4) is 0 Å². The number of likely N-dealkylation sites (tertiary alicyclic amines) is 1. The van der Waals surface area contributed by atoms with Crippen LogP contribution in [0.4, 0.5) is 4.79 Å². The Balaban J connectivity index is 2.57. The van der Waals surface area contributed by atoms with Gasteiger partial charge in [-0.3, -0.25) is 4.79 Å². The van der Waals surface area contributed by atoms with E-state index in [1.54, 1.807) is 6.92 Å². The van der Waals surface area contributed by atoms with Gasteiger partial charge in [-0.15, -0.1) is 0 Å². The van der Waals surface area contributed by atoms with Crippen molar-refractivity contribution in [1.82, 2.24) is 10.2 Å². The number of aliphatic carboxylic acids is 2. The van der Waals surface area contributed by atoms with Crippen LogP contribution in [0.5, 0.6) is 0 Å². The van der Waals surface area contributed by atoms with Gasteiger partial charge in [0, 0.05) is 13.1 Å². The molecular formula is C11H18N2O6. The monoisotopic (exact) mass is 274 g/mol. The second kappa shape index (κ2) is 6.37. The highest BCUT2D eigenvalue weighted by atomic mass is 16.4. The van der Waals surface area contributed by atoms with E-state index in [4.69, 9.17) is 10.2 Å². The first-order valence-corrected chi connectivity index (χ1v) is 5.99. The molecule has 19 heavy (non-hydrogen) atoms. The third-order valence-corrected chi connectivity index (χ3v) is 3.12. The molecule has 0 aromatic heterocycles. The smallest absolute Gasteiger partial charge is 0.326 e. The molecule has 0 saturated carbocycles. The Kier molecular flexibility index (Phi) is 5.11. The van der Waals surface area contributed by atoms with E-state index in [0.717, 1.165) is 0 Å². The molecule has 4 N–H and O–H groups in total. The van der Waals surface area contributed by atoms with Crippen LogP contribution in [-0.2, 0) is 9.59 Å². The van der Waals surface area contributed by atoms with Crippen LogP contribution in [-0.4, -0.2) is 63.4 Å². The zero-order valence-electron chi connectivity index (χ0n) is 10.6. The van der Waals surface area contributed by atoms with E-state index in [1.807, 2.05) is 0 Å². The summed E-state index contributed by atoms with van der Waals surface area (Å²) in [6.07, 6.45) is -0.725. The van der Waals surface area contributed by atoms with Gasteiger partial charge < -0.3 is 25.5 Å². The van der Waals surface area contributed by atoms with E-state index < -0.39 is 36.5 Å². The van der Waals surface area contributed by atoms with Crippen molar-refractivity contribution >= 4 is 18.0 Å². The van der Waals surface area contributed by atoms with Crippen molar-refractivity contribution in [2.24, 2.45) is 5.92 Å². The summed E-state index contributed by atoms with van der Waals surface area (Å²) in [6, 6.07) is -2.07. The fraction of sp³-hybridized carbons (Fsp3) is 0.727. The zero-order valence-corrected chi connectivity index (χ0v) is 10.6. The van der Waals surface area contributed by atoms with Gasteiger partial charge in [0.15, 0.2) is 0 Å². The van der Waals surface area contributed by atoms with Gasteiger partial charge in [-0.2, -0.15) is 0 Å². The van der Waals surface area contributed by atoms with E-state index in [9.17, 15) is 19.5 Å². The Bertz CT molecular complexity index is 372. The van der Waals surface area contributed by atoms with Gasteiger partial charge >= 0.3 is 18.0 Å². The lowest BCUT2D eigenvalue weighted by atomic mass is 9.97. The van der Waals surface area contributed by atoms with Gasteiger partial charge in [-0.25, -0.2) is 9.59 Å². The number of aliphatic hydroxyl groups excluding tert-OH is 1. The average molecular weight is 274 g/mol. The Labute approximate surface area is 110 Å². The number of urea groups is 1. The molecule has 1 rings (SSSR count). The van der Waals surface area contributed by atoms with E-state index in [2.05, 4.69) is 5.32 Å². The van der Waals surface area contributed by atoms with Crippen molar-refractivity contribution in [1.29, 1.82) is 0 Å². The molecule has 0 bridgehead atoms. The molecule has 8 heteroatoms. The summed E-state index contributed by atoms with van der Waals surface area (Å²) in [6.45, 7) is 2.42. The standard InChI is InChI=1S/C11H18N2O6/c1-6-5-13(3-2-8(6)14)11(19)12-7(10(17)18)4-9(15)16/h6-8,14H,2-5H2,1H3,(H,12,19)(H,15,16)(H,17,18)/t6?,7-,8?/m1/s1. The fourth-order valence-electron chi connectivity index (χ4n) is 1.93. The number of nitrogens with one attached hydrogen (secondary N) is 1. The van der Waals surface area contributed by atoms with Crippen LogP contribution in [0.2, 0.25) is 0 Å². The maximum absolute atomic E-state index is 11.8. The molecule has 3 atom stereocenters. The molecule has 1 saturated heterocycles. The summed E-state index contributed by atoms with van der Waals surface area (Å²) < 4.78 is 0. The normalized spacial score (nSPS) is 24.6. The summed E-state index contributed by atoms with van der Waals surface area (Å²) in [5, 5.41) is 29.1. The molecule has 0 aliphatic carbocycles. The molecule has 2 unspecified atom stereocenters. The lowest BCUT2D eigenvalue weighted by molar-refractivity contribution is -0.145. The van der Waals surface area contributed by atoms with Crippen LogP contribution in [0, 0.1) is 5.92 Å². The first-order chi connectivity index (χ1) is 8.81. The summed E-state index contributed by atoms with van der Waals surface area (Å²) >= 11 is 0. The van der Waals surface area contributed by atoms with Crippen LogP contribution in [0.15, 0.2) is 0 Å². The van der Waals surface area contributed by atoms with Gasteiger partial charge in [-0.1, -0.05) is 6.92 Å². The largest absolute Gasteiger partial charge is 0.481 e. The summed E-state index contributed by atoms with van der Waals surface area (Å²) in [4.78, 5) is 34.5. The third kappa shape index (κ3) is 4.40. The van der Waals surface area contributed by atoms with Crippen LogP contribution in [0.1, 0.15) is 19.8 Å². The van der Waals surface area contributed by atoms with Gasteiger partial charge in [0.25, 0.3) is 0 Å². The Morgan fingerprint density at radius 1 is 1.37 bits per heavy atom. The number of carbonyl (C=O) groups is 3. The highest BCUT2D eigenvalue weighted by molar-refractivity contribution is 5.86. The minimum Gasteiger partial charge on any atom is -0.481 e. The number of rotatable bonds is 4. The van der Waals surface area contributed by atoms with Crippen molar-refractivity contribution in [2.75, 3.05) is 13.1 Å². The molecule has 1 aliphatic rings. The molecule has 0 radical (unpaired) electrons. The Hall–Kier alpha value is -1.83. The summed E-state index contributed by atoms with van der Waals surface area (Å²) in [5.74, 6) is -2.78. The van der Waals surface area contributed by atoms with Gasteiger partial charge in [0.05, 0.1) is 12.5 Å². The second-order valence-corrected chi connectivity index (χ2v) is 4.72. The third-order valence-electron chi connectivity index (χ3n) is 3.12. The predicted molar refractivity (Wildman–Crippen MR) is 63.6 cm³/mol. The lowest BCUT2D eigenvalue weighted by Gasteiger charge is -2.34. The molecule has 0 spiro atoms. The quantitative estimate of drug-likeness (QED) is 0.538. The Morgan fingerprint density at radius 3 is 2.47 bits per heavy atom. The maximum atomic E-state index is 11.8. The average Bonchev–Trinajstić information content (AvgIpc) is 2.31. The second-order valence-electron chi connectivity index (χ2n) is 4.72. The van der Waals surface area contributed by atoms with Crippen LogP contribution in [0.25, 0.3) is 0 Å². The Morgan fingerprint density at radius 2 is 2.00 bits per heavy atom. The van der Waals surface area contributed by atoms with Crippen molar-refractivity contribution in [3.05, 3.63) is 0 Å². The van der Waals surface area contributed by atoms with Crippen molar-refractivity contribution in [3.63, 3.8) is 0 Å². The number of hydrogen-bond donors (Lipinski definition) is 4. The molecule has 2 amide bonds. The van der Waals surface area contributed by atoms with Gasteiger partial charge in [0.1, 0.15) is 6.04 Å². The number of hydrogen-bond acceptors (Lipinski definition) is 4. The molecule has 0 aromatic carbocycles. The van der Waals surface area contributed by atoms with E-state index in [1.165, 1.54) is 4.90 Å². The van der Waals surface area contributed by atoms with Crippen molar-refractivity contribution in [2.45, 2.75) is 31.9 Å². The molecule has 1 heterocycles. The molecule has 1 aliphatic heterocycles. The SMILES string of the molecule is CC1CN(C(=O)N[C@H](CC(=O)O)C(=O)O)CCC1O. The number of carboxylic acid groups (broad SMARTS) is 2. The lowest BCUT2D eigenvalue weighted by Crippen LogP contribution is -2.53. The molecule has 1 fully saturated rings. The first kappa shape index (κ1) is 15.2. The zero-order chi connectivity index (χ0) is 14.6. The topological polar surface area (TPSA) is 127 Å². The molecule has 0 aromatic rings. The van der Waals surface area contributed by atoms with Crippen molar-refractivity contribution < 1.29 is 29.7 Å². The number of carboxylic acids is 2. The maximum Gasteiger partial charge on any atom is 0.326 e. The molecule has 8 nitrogen and oxygen atoms in total.